The standard InChI is InChI=1S/C14H18O4/c1-9(13(17)18-14(2,3)4)12(16)10-7-5-6-8-11(10)15/h5-8,12,15-16H,1H2,2-4H3. The van der Waals surface area contributed by atoms with Crippen LogP contribution in [-0.4, -0.2) is 21.8 Å². The van der Waals surface area contributed by atoms with Crippen LogP contribution in [0.15, 0.2) is 36.4 Å². The van der Waals surface area contributed by atoms with E-state index >= 15 is 0 Å². The van der Waals surface area contributed by atoms with Crippen molar-refractivity contribution in [1.82, 2.24) is 0 Å². The zero-order chi connectivity index (χ0) is 13.9. The number of hydrogen-bond donors (Lipinski definition) is 2. The Kier molecular flexibility index (Phi) is 4.14. The van der Waals surface area contributed by atoms with Crippen molar-refractivity contribution in [1.29, 1.82) is 0 Å². The Morgan fingerprint density at radius 1 is 1.33 bits per heavy atom. The van der Waals surface area contributed by atoms with Crippen LogP contribution in [0, 0.1) is 0 Å². The molecule has 0 bridgehead atoms. The van der Waals surface area contributed by atoms with Gasteiger partial charge in [0.25, 0.3) is 0 Å². The van der Waals surface area contributed by atoms with Crippen molar-refractivity contribution < 1.29 is 19.7 Å². The summed E-state index contributed by atoms with van der Waals surface area (Å²) in [5, 5.41) is 19.6. The van der Waals surface area contributed by atoms with Crippen molar-refractivity contribution >= 4 is 5.97 Å². The third-order valence-corrected chi connectivity index (χ3v) is 2.22. The lowest BCUT2D eigenvalue weighted by Gasteiger charge is -2.22. The van der Waals surface area contributed by atoms with Crippen molar-refractivity contribution in [2.45, 2.75) is 32.5 Å². The smallest absolute Gasteiger partial charge is 0.336 e. The number of benzene rings is 1. The fourth-order valence-electron chi connectivity index (χ4n) is 1.36. The Morgan fingerprint density at radius 3 is 2.39 bits per heavy atom. The Morgan fingerprint density at radius 2 is 1.89 bits per heavy atom. The highest BCUT2D eigenvalue weighted by Gasteiger charge is 2.25. The van der Waals surface area contributed by atoms with Crippen LogP contribution in [0.4, 0.5) is 0 Å². The van der Waals surface area contributed by atoms with E-state index in [-0.39, 0.29) is 16.9 Å². The van der Waals surface area contributed by atoms with Crippen LogP contribution in [0.2, 0.25) is 0 Å². The van der Waals surface area contributed by atoms with E-state index in [1.165, 1.54) is 12.1 Å². The summed E-state index contributed by atoms with van der Waals surface area (Å²) in [6.45, 7) is 8.70. The normalized spacial score (nSPS) is 12.9. The molecule has 0 amide bonds. The fourth-order valence-corrected chi connectivity index (χ4v) is 1.36. The minimum Gasteiger partial charge on any atom is -0.508 e. The van der Waals surface area contributed by atoms with Crippen LogP contribution in [0.25, 0.3) is 0 Å². The minimum atomic E-state index is -1.28. The van der Waals surface area contributed by atoms with Gasteiger partial charge < -0.3 is 14.9 Å². The van der Waals surface area contributed by atoms with Gasteiger partial charge in [-0.05, 0) is 26.8 Å². The molecule has 1 unspecified atom stereocenters. The van der Waals surface area contributed by atoms with Crippen molar-refractivity contribution in [3.8, 4) is 5.75 Å². The first-order valence-corrected chi connectivity index (χ1v) is 5.60. The number of aliphatic hydroxyl groups excluding tert-OH is 1. The maximum atomic E-state index is 11.7. The molecule has 1 aromatic rings. The summed E-state index contributed by atoms with van der Waals surface area (Å²) in [6, 6.07) is 6.24. The molecule has 0 fully saturated rings. The number of aromatic hydroxyl groups is 1. The molecule has 0 aliphatic heterocycles. The molecule has 18 heavy (non-hydrogen) atoms. The average molecular weight is 250 g/mol. The Hall–Kier alpha value is -1.81. The van der Waals surface area contributed by atoms with Gasteiger partial charge in [-0.3, -0.25) is 0 Å². The molecule has 1 aromatic carbocycles. The number of carbonyl (C=O) groups excluding carboxylic acids is 1. The maximum absolute atomic E-state index is 11.7. The highest BCUT2D eigenvalue weighted by atomic mass is 16.6. The number of esters is 1. The second-order valence-corrected chi connectivity index (χ2v) is 4.99. The highest BCUT2D eigenvalue weighted by Crippen LogP contribution is 2.29. The van der Waals surface area contributed by atoms with Crippen LogP contribution < -0.4 is 0 Å². The molecule has 0 aromatic heterocycles. The first-order chi connectivity index (χ1) is 8.22. The van der Waals surface area contributed by atoms with Gasteiger partial charge in [-0.2, -0.15) is 0 Å². The maximum Gasteiger partial charge on any atom is 0.336 e. The molecule has 4 nitrogen and oxygen atoms in total. The first kappa shape index (κ1) is 14.3. The van der Waals surface area contributed by atoms with Gasteiger partial charge >= 0.3 is 5.97 Å². The number of para-hydroxylation sites is 1. The van der Waals surface area contributed by atoms with Crippen LogP contribution in [0.1, 0.15) is 32.4 Å². The summed E-state index contributed by atoms with van der Waals surface area (Å²) in [4.78, 5) is 11.7. The average Bonchev–Trinajstić information content (AvgIpc) is 2.25. The van der Waals surface area contributed by atoms with E-state index in [9.17, 15) is 15.0 Å². The first-order valence-electron chi connectivity index (χ1n) is 5.60. The Bertz CT molecular complexity index is 457. The van der Waals surface area contributed by atoms with Gasteiger partial charge in [-0.1, -0.05) is 24.8 Å². The van der Waals surface area contributed by atoms with Crippen LogP contribution in [-0.2, 0) is 9.53 Å². The number of phenols is 1. The van der Waals surface area contributed by atoms with E-state index in [1.54, 1.807) is 32.9 Å². The molecule has 1 rings (SSSR count). The van der Waals surface area contributed by atoms with Crippen molar-refractivity contribution in [3.05, 3.63) is 42.0 Å². The van der Waals surface area contributed by atoms with Gasteiger partial charge in [0.1, 0.15) is 17.5 Å². The topological polar surface area (TPSA) is 66.8 Å². The lowest BCUT2D eigenvalue weighted by Crippen LogP contribution is -2.26. The Labute approximate surface area is 107 Å². The van der Waals surface area contributed by atoms with Crippen molar-refractivity contribution in [2.24, 2.45) is 0 Å². The van der Waals surface area contributed by atoms with Crippen molar-refractivity contribution in [2.75, 3.05) is 0 Å². The van der Waals surface area contributed by atoms with E-state index in [0.29, 0.717) is 0 Å². The van der Waals surface area contributed by atoms with Crippen LogP contribution in [0.5, 0.6) is 5.75 Å². The molecule has 0 radical (unpaired) electrons. The molecule has 0 aliphatic rings. The molecule has 0 spiro atoms. The van der Waals surface area contributed by atoms with Crippen LogP contribution >= 0.6 is 0 Å². The van der Waals surface area contributed by atoms with Gasteiger partial charge in [-0.15, -0.1) is 0 Å². The van der Waals surface area contributed by atoms with E-state index in [0.717, 1.165) is 0 Å². The molecule has 0 aliphatic carbocycles. The summed E-state index contributed by atoms with van der Waals surface area (Å²) in [5.41, 5.74) is -0.529. The van der Waals surface area contributed by atoms with E-state index in [4.69, 9.17) is 4.74 Å². The molecule has 1 atom stereocenters. The number of aliphatic hydroxyl groups is 1. The largest absolute Gasteiger partial charge is 0.508 e. The predicted molar refractivity (Wildman–Crippen MR) is 68.1 cm³/mol. The zero-order valence-corrected chi connectivity index (χ0v) is 10.8. The van der Waals surface area contributed by atoms with Crippen LogP contribution in [0.3, 0.4) is 0 Å². The summed E-state index contributed by atoms with van der Waals surface area (Å²) < 4.78 is 5.10. The molecule has 0 heterocycles. The number of rotatable bonds is 3. The summed E-state index contributed by atoms with van der Waals surface area (Å²) in [7, 11) is 0. The second kappa shape index (κ2) is 5.23. The minimum absolute atomic E-state index is 0.0882. The predicted octanol–water partition coefficient (Wildman–Crippen LogP) is 2.32. The lowest BCUT2D eigenvalue weighted by atomic mass is 10.0. The number of hydrogen-bond acceptors (Lipinski definition) is 4. The second-order valence-electron chi connectivity index (χ2n) is 4.99. The molecular weight excluding hydrogens is 232 g/mol. The molecule has 2 N–H and O–H groups in total. The van der Waals surface area contributed by atoms with Gasteiger partial charge in [0.05, 0.1) is 5.57 Å². The van der Waals surface area contributed by atoms with Gasteiger partial charge in [-0.25, -0.2) is 4.79 Å². The highest BCUT2D eigenvalue weighted by molar-refractivity contribution is 5.89. The summed E-state index contributed by atoms with van der Waals surface area (Å²) >= 11 is 0. The molecule has 98 valence electrons. The van der Waals surface area contributed by atoms with Gasteiger partial charge in [0.2, 0.25) is 0 Å². The number of carbonyl (C=O) groups is 1. The van der Waals surface area contributed by atoms with E-state index in [1.807, 2.05) is 0 Å². The molecular formula is C14H18O4. The van der Waals surface area contributed by atoms with E-state index < -0.39 is 17.7 Å². The molecule has 4 heteroatoms. The molecule has 0 saturated heterocycles. The lowest BCUT2D eigenvalue weighted by molar-refractivity contribution is -0.151. The zero-order valence-electron chi connectivity index (χ0n) is 10.8. The van der Waals surface area contributed by atoms with E-state index in [2.05, 4.69) is 6.58 Å². The monoisotopic (exact) mass is 250 g/mol. The number of ether oxygens (including phenoxy) is 1. The SMILES string of the molecule is C=C(C(=O)OC(C)(C)C)C(O)c1ccccc1O. The summed E-state index contributed by atoms with van der Waals surface area (Å²) in [6.07, 6.45) is -1.28. The quantitative estimate of drug-likeness (QED) is 0.638. The number of phenolic OH excluding ortho intramolecular Hbond substituents is 1. The van der Waals surface area contributed by atoms with Gasteiger partial charge in [0.15, 0.2) is 0 Å². The van der Waals surface area contributed by atoms with Crippen molar-refractivity contribution in [3.63, 3.8) is 0 Å². The summed E-state index contributed by atoms with van der Waals surface area (Å²) in [5.74, 6) is -0.770. The fraction of sp³-hybridized carbons (Fsp3) is 0.357. The third kappa shape index (κ3) is 3.60. The molecule has 0 saturated carbocycles. The van der Waals surface area contributed by atoms with Gasteiger partial charge in [0, 0.05) is 5.56 Å². The Balaban J connectivity index is 2.85. The third-order valence-electron chi connectivity index (χ3n) is 2.22.